The number of fused-ring (bicyclic) bond motifs is 1. The van der Waals surface area contributed by atoms with Crippen molar-refractivity contribution in [2.75, 3.05) is 13.2 Å². The molecule has 1 aliphatic heterocycles. The standard InChI is InChI=1S/C18H24N4O2.ClH/c1-3-14(12-7-5-6-8-16(12)24-4-2)20-18(23)17-13-11-19-10-9-15(13)21-22-17;/h5-8,14,19H,3-4,9-11H2,1-2H3,(H,20,23)(H,21,22);1H. The van der Waals surface area contributed by atoms with Crippen LogP contribution in [0.15, 0.2) is 24.3 Å². The van der Waals surface area contributed by atoms with E-state index < -0.39 is 0 Å². The average Bonchev–Trinajstić information content (AvgIpc) is 3.05. The molecule has 3 rings (SSSR count). The SMILES string of the molecule is CCOc1ccccc1C(CC)NC(=O)c1n[nH]c2c1CNCC2.Cl. The van der Waals surface area contributed by atoms with E-state index in [-0.39, 0.29) is 24.4 Å². The van der Waals surface area contributed by atoms with Gasteiger partial charge in [-0.2, -0.15) is 5.10 Å². The number of benzene rings is 1. The van der Waals surface area contributed by atoms with E-state index in [0.29, 0.717) is 18.8 Å². The molecule has 0 bridgehead atoms. The zero-order chi connectivity index (χ0) is 16.9. The first-order valence-electron chi connectivity index (χ1n) is 8.54. The molecule has 3 N–H and O–H groups in total. The molecule has 6 nitrogen and oxygen atoms in total. The van der Waals surface area contributed by atoms with E-state index in [2.05, 4.69) is 27.8 Å². The minimum absolute atomic E-state index is 0. The maximum absolute atomic E-state index is 12.7. The summed E-state index contributed by atoms with van der Waals surface area (Å²) in [5, 5.41) is 13.6. The highest BCUT2D eigenvalue weighted by atomic mass is 35.5. The number of aromatic nitrogens is 2. The molecule has 1 unspecified atom stereocenters. The number of carbonyl (C=O) groups excluding carboxylic acids is 1. The molecular formula is C18H25ClN4O2. The van der Waals surface area contributed by atoms with Crippen LogP contribution in [0, 0.1) is 0 Å². The van der Waals surface area contributed by atoms with Gasteiger partial charge < -0.3 is 15.4 Å². The Balaban J connectivity index is 0.00000225. The van der Waals surface area contributed by atoms with Crippen LogP contribution < -0.4 is 15.4 Å². The first-order chi connectivity index (χ1) is 11.7. The quantitative estimate of drug-likeness (QED) is 0.736. The topological polar surface area (TPSA) is 79.0 Å². The summed E-state index contributed by atoms with van der Waals surface area (Å²) in [7, 11) is 0. The Morgan fingerprint density at radius 2 is 2.16 bits per heavy atom. The van der Waals surface area contributed by atoms with Crippen molar-refractivity contribution >= 4 is 18.3 Å². The lowest BCUT2D eigenvalue weighted by molar-refractivity contribution is 0.0928. The summed E-state index contributed by atoms with van der Waals surface area (Å²) in [6.07, 6.45) is 1.65. The van der Waals surface area contributed by atoms with Crippen LogP contribution in [-0.4, -0.2) is 29.3 Å². The van der Waals surface area contributed by atoms with Crippen molar-refractivity contribution in [3.63, 3.8) is 0 Å². The van der Waals surface area contributed by atoms with Crippen molar-refractivity contribution in [2.45, 2.75) is 39.3 Å². The van der Waals surface area contributed by atoms with Crippen LogP contribution in [0.1, 0.15) is 53.6 Å². The van der Waals surface area contributed by atoms with Gasteiger partial charge in [0.1, 0.15) is 5.75 Å². The number of ether oxygens (including phenoxy) is 1. The third kappa shape index (κ3) is 4.14. The van der Waals surface area contributed by atoms with Gasteiger partial charge in [-0.3, -0.25) is 9.89 Å². The summed E-state index contributed by atoms with van der Waals surface area (Å²) < 4.78 is 5.70. The monoisotopic (exact) mass is 364 g/mol. The molecule has 7 heteroatoms. The Bertz CT molecular complexity index is 717. The van der Waals surface area contributed by atoms with E-state index in [1.165, 1.54) is 0 Å². The molecule has 1 aromatic heterocycles. The molecule has 1 aromatic carbocycles. The van der Waals surface area contributed by atoms with Gasteiger partial charge in [0.05, 0.1) is 12.6 Å². The normalized spacial score (nSPS) is 14.2. The summed E-state index contributed by atoms with van der Waals surface area (Å²) >= 11 is 0. The van der Waals surface area contributed by atoms with E-state index in [4.69, 9.17) is 4.74 Å². The van der Waals surface area contributed by atoms with E-state index in [1.807, 2.05) is 31.2 Å². The van der Waals surface area contributed by atoms with Gasteiger partial charge in [0.15, 0.2) is 5.69 Å². The summed E-state index contributed by atoms with van der Waals surface area (Å²) in [5.74, 6) is 0.673. The summed E-state index contributed by atoms with van der Waals surface area (Å²) in [6, 6.07) is 7.74. The Morgan fingerprint density at radius 1 is 1.36 bits per heavy atom. The number of halogens is 1. The summed E-state index contributed by atoms with van der Waals surface area (Å²) in [5.41, 5.74) is 3.52. The number of rotatable bonds is 6. The van der Waals surface area contributed by atoms with Crippen LogP contribution in [0.4, 0.5) is 0 Å². The summed E-state index contributed by atoms with van der Waals surface area (Å²) in [6.45, 7) is 6.20. The van der Waals surface area contributed by atoms with Crippen molar-refractivity contribution in [1.82, 2.24) is 20.8 Å². The number of amides is 1. The maximum atomic E-state index is 12.7. The lowest BCUT2D eigenvalue weighted by atomic mass is 10.0. The number of nitrogens with zero attached hydrogens (tertiary/aromatic N) is 1. The number of hydrogen-bond donors (Lipinski definition) is 3. The molecule has 1 amide bonds. The van der Waals surface area contributed by atoms with Gasteiger partial charge in [-0.25, -0.2) is 0 Å². The minimum atomic E-state index is -0.144. The van der Waals surface area contributed by atoms with Crippen LogP contribution in [0.5, 0.6) is 5.75 Å². The van der Waals surface area contributed by atoms with E-state index in [1.54, 1.807) is 0 Å². The number of para-hydroxylation sites is 1. The fraction of sp³-hybridized carbons (Fsp3) is 0.444. The largest absolute Gasteiger partial charge is 0.494 e. The molecule has 0 aliphatic carbocycles. The van der Waals surface area contributed by atoms with Gasteiger partial charge in [0, 0.05) is 36.3 Å². The first kappa shape index (κ1) is 19.3. The highest BCUT2D eigenvalue weighted by Gasteiger charge is 2.24. The second-order valence-electron chi connectivity index (χ2n) is 5.86. The molecule has 1 atom stereocenters. The summed E-state index contributed by atoms with van der Waals surface area (Å²) in [4.78, 5) is 12.7. The van der Waals surface area contributed by atoms with Gasteiger partial charge in [-0.1, -0.05) is 25.1 Å². The van der Waals surface area contributed by atoms with Gasteiger partial charge in [0.2, 0.25) is 0 Å². The predicted octanol–water partition coefficient (Wildman–Crippen LogP) is 2.76. The zero-order valence-corrected chi connectivity index (χ0v) is 15.4. The van der Waals surface area contributed by atoms with Gasteiger partial charge in [-0.15, -0.1) is 12.4 Å². The molecule has 2 heterocycles. The third-order valence-corrected chi connectivity index (χ3v) is 4.33. The predicted molar refractivity (Wildman–Crippen MR) is 99.4 cm³/mol. The third-order valence-electron chi connectivity index (χ3n) is 4.33. The minimum Gasteiger partial charge on any atom is -0.494 e. The van der Waals surface area contributed by atoms with Gasteiger partial charge in [0.25, 0.3) is 5.91 Å². The second kappa shape index (κ2) is 8.87. The molecule has 0 saturated heterocycles. The van der Waals surface area contributed by atoms with Crippen molar-refractivity contribution in [2.24, 2.45) is 0 Å². The maximum Gasteiger partial charge on any atom is 0.272 e. The lowest BCUT2D eigenvalue weighted by Crippen LogP contribution is -2.31. The Hall–Kier alpha value is -2.05. The molecule has 0 fully saturated rings. The van der Waals surface area contributed by atoms with Crippen molar-refractivity contribution < 1.29 is 9.53 Å². The highest BCUT2D eigenvalue weighted by molar-refractivity contribution is 5.94. The smallest absolute Gasteiger partial charge is 0.272 e. The van der Waals surface area contributed by atoms with Crippen molar-refractivity contribution in [1.29, 1.82) is 0 Å². The molecule has 0 spiro atoms. The number of aromatic amines is 1. The Morgan fingerprint density at radius 3 is 2.92 bits per heavy atom. The van der Waals surface area contributed by atoms with E-state index in [0.717, 1.165) is 42.0 Å². The molecule has 136 valence electrons. The number of nitrogens with one attached hydrogen (secondary N) is 3. The van der Waals surface area contributed by atoms with Crippen LogP contribution in [0.25, 0.3) is 0 Å². The van der Waals surface area contributed by atoms with Crippen molar-refractivity contribution in [3.8, 4) is 5.75 Å². The van der Waals surface area contributed by atoms with Crippen LogP contribution in [0.3, 0.4) is 0 Å². The average molecular weight is 365 g/mol. The second-order valence-corrected chi connectivity index (χ2v) is 5.86. The molecule has 25 heavy (non-hydrogen) atoms. The number of hydrogen-bond acceptors (Lipinski definition) is 4. The van der Waals surface area contributed by atoms with Crippen LogP contribution >= 0.6 is 12.4 Å². The highest BCUT2D eigenvalue weighted by Crippen LogP contribution is 2.27. The van der Waals surface area contributed by atoms with Crippen molar-refractivity contribution in [3.05, 3.63) is 46.8 Å². The number of H-pyrrole nitrogens is 1. The Kier molecular flexibility index (Phi) is 6.84. The van der Waals surface area contributed by atoms with Crippen LogP contribution in [-0.2, 0) is 13.0 Å². The fourth-order valence-corrected chi connectivity index (χ4v) is 3.09. The zero-order valence-electron chi connectivity index (χ0n) is 14.6. The fourth-order valence-electron chi connectivity index (χ4n) is 3.09. The molecule has 0 radical (unpaired) electrons. The van der Waals surface area contributed by atoms with Gasteiger partial charge >= 0.3 is 0 Å². The van der Waals surface area contributed by atoms with E-state index in [9.17, 15) is 4.79 Å². The Labute approximate surface area is 154 Å². The first-order valence-corrected chi connectivity index (χ1v) is 8.54. The molecular weight excluding hydrogens is 340 g/mol. The van der Waals surface area contributed by atoms with Crippen LogP contribution in [0.2, 0.25) is 0 Å². The van der Waals surface area contributed by atoms with Gasteiger partial charge in [-0.05, 0) is 19.4 Å². The number of carbonyl (C=O) groups is 1. The molecule has 0 saturated carbocycles. The molecule has 2 aromatic rings. The lowest BCUT2D eigenvalue weighted by Gasteiger charge is -2.20. The van der Waals surface area contributed by atoms with E-state index >= 15 is 0 Å². The molecule has 1 aliphatic rings.